The summed E-state index contributed by atoms with van der Waals surface area (Å²) in [7, 11) is 0. The van der Waals surface area contributed by atoms with Crippen LogP contribution in [0.2, 0.25) is 0 Å². The summed E-state index contributed by atoms with van der Waals surface area (Å²) in [6.45, 7) is 13.1. The maximum Gasteiger partial charge on any atom is 0.0714 e. The summed E-state index contributed by atoms with van der Waals surface area (Å²) in [6, 6.07) is 59.6. The van der Waals surface area contributed by atoms with Crippen LogP contribution in [0.3, 0.4) is 0 Å². The van der Waals surface area contributed by atoms with Crippen LogP contribution in [-0.2, 0) is 5.41 Å². The molecule has 1 heterocycles. The number of fused-ring (bicyclic) bond motifs is 5. The van der Waals surface area contributed by atoms with Crippen LogP contribution in [0.25, 0.3) is 50.1 Å². The number of anilines is 3. The lowest BCUT2D eigenvalue weighted by atomic mass is 9.67. The smallest absolute Gasteiger partial charge is 0.0714 e. The second-order valence-electron chi connectivity index (χ2n) is 17.0. The van der Waals surface area contributed by atoms with Gasteiger partial charge in [-0.1, -0.05) is 178 Å². The molecule has 0 spiro atoms. The molecule has 0 N–H and O–H groups in total. The maximum absolute atomic E-state index is 4.27. The molecule has 0 fully saturated rings. The predicted molar refractivity (Wildman–Crippen MR) is 269 cm³/mol. The van der Waals surface area contributed by atoms with Crippen molar-refractivity contribution in [3.8, 4) is 22.3 Å². The van der Waals surface area contributed by atoms with Crippen molar-refractivity contribution in [1.29, 1.82) is 0 Å². The van der Waals surface area contributed by atoms with Gasteiger partial charge in [0.15, 0.2) is 0 Å². The molecule has 2 aliphatic carbocycles. The van der Waals surface area contributed by atoms with Gasteiger partial charge in [-0.25, -0.2) is 0 Å². The van der Waals surface area contributed by atoms with E-state index >= 15 is 0 Å². The summed E-state index contributed by atoms with van der Waals surface area (Å²) in [5.74, 6) is 0.357. The third-order valence-corrected chi connectivity index (χ3v) is 14.1. The number of rotatable bonds is 10. The van der Waals surface area contributed by atoms with Crippen LogP contribution in [0.5, 0.6) is 0 Å². The van der Waals surface area contributed by atoms with Crippen molar-refractivity contribution in [1.82, 2.24) is 0 Å². The SMILES string of the molecule is C=Cc1c(/C=C\C)sc2c3c(ccc12)C(c1ccccc1)(c1cccc(N(c2ccc(-c4ccc(C)cc4)cc2)c2cc(C4=CCCC=C4)cc(C(C)C)c2)c1)c1ccccc1-3. The first-order chi connectivity index (χ1) is 30.4. The Kier molecular flexibility index (Phi) is 10.3. The van der Waals surface area contributed by atoms with Crippen molar-refractivity contribution in [3.05, 3.63) is 238 Å². The average molecular weight is 818 g/mol. The lowest BCUT2D eigenvalue weighted by Crippen LogP contribution is -2.28. The molecule has 1 aromatic heterocycles. The molecule has 10 rings (SSSR count). The molecule has 0 saturated carbocycles. The Hall–Kier alpha value is -6.74. The minimum Gasteiger partial charge on any atom is -0.310 e. The fourth-order valence-corrected chi connectivity index (χ4v) is 11.2. The molecule has 0 radical (unpaired) electrons. The van der Waals surface area contributed by atoms with Gasteiger partial charge in [0.1, 0.15) is 0 Å². The van der Waals surface area contributed by atoms with Gasteiger partial charge < -0.3 is 4.90 Å². The number of aryl methyl sites for hydroxylation is 1. The van der Waals surface area contributed by atoms with Crippen LogP contribution in [0.15, 0.2) is 189 Å². The zero-order valence-electron chi connectivity index (χ0n) is 36.0. The molecule has 1 unspecified atom stereocenters. The van der Waals surface area contributed by atoms with Crippen LogP contribution in [0.4, 0.5) is 17.1 Å². The highest BCUT2D eigenvalue weighted by Gasteiger charge is 2.47. The van der Waals surface area contributed by atoms with Crippen LogP contribution in [0, 0.1) is 6.92 Å². The standard InChI is InChI=1S/C60H51NS/c1-6-17-57-52(7-2)53-34-35-56-58(59(53)62-57)54-24-14-15-25-55(54)60(56,47-20-12-9-13-21-47)48-22-16-23-50(39-48)61(49-32-30-44(31-33-49)43-28-26-41(5)27-29-43)51-37-45(40(3)4)36-46(38-51)42-18-10-8-11-19-42/h6-7,9-10,12-40H,2,8,11H2,1,3-5H3/b17-6-. The number of benzene rings is 7. The number of hydrogen-bond acceptors (Lipinski definition) is 2. The van der Waals surface area contributed by atoms with E-state index in [9.17, 15) is 0 Å². The lowest BCUT2D eigenvalue weighted by Gasteiger charge is -2.35. The molecule has 0 bridgehead atoms. The van der Waals surface area contributed by atoms with E-state index < -0.39 is 5.41 Å². The second kappa shape index (κ2) is 16.3. The first-order valence-corrected chi connectivity index (χ1v) is 22.8. The van der Waals surface area contributed by atoms with Crippen molar-refractivity contribution in [2.75, 3.05) is 4.90 Å². The summed E-state index contributed by atoms with van der Waals surface area (Å²) in [6.07, 6.45) is 15.6. The third kappa shape index (κ3) is 6.62. The quantitative estimate of drug-likeness (QED) is 0.133. The fourth-order valence-electron chi connectivity index (χ4n) is 9.88. The van der Waals surface area contributed by atoms with Crippen molar-refractivity contribution < 1.29 is 0 Å². The summed E-state index contributed by atoms with van der Waals surface area (Å²) in [5.41, 5.74) is 19.3. The first kappa shape index (κ1) is 39.4. The highest BCUT2D eigenvalue weighted by molar-refractivity contribution is 7.20. The third-order valence-electron chi connectivity index (χ3n) is 12.9. The minimum absolute atomic E-state index is 0.357. The van der Waals surface area contributed by atoms with Gasteiger partial charge in [-0.3, -0.25) is 0 Å². The van der Waals surface area contributed by atoms with Gasteiger partial charge >= 0.3 is 0 Å². The van der Waals surface area contributed by atoms with Crippen molar-refractivity contribution in [2.24, 2.45) is 0 Å². The van der Waals surface area contributed by atoms with Gasteiger partial charge in [-0.15, -0.1) is 11.3 Å². The van der Waals surface area contributed by atoms with Gasteiger partial charge in [-0.2, -0.15) is 0 Å². The lowest BCUT2D eigenvalue weighted by molar-refractivity contribution is 0.769. The maximum atomic E-state index is 4.27. The van der Waals surface area contributed by atoms with Crippen molar-refractivity contribution >= 4 is 56.2 Å². The minimum atomic E-state index is -0.569. The van der Waals surface area contributed by atoms with E-state index in [1.807, 2.05) is 17.4 Å². The highest BCUT2D eigenvalue weighted by atomic mass is 32.1. The Balaban J connectivity index is 1.23. The molecule has 0 saturated heterocycles. The Morgan fingerprint density at radius 1 is 0.661 bits per heavy atom. The van der Waals surface area contributed by atoms with Crippen molar-refractivity contribution in [3.63, 3.8) is 0 Å². The number of allylic oxidation sites excluding steroid dienone is 5. The van der Waals surface area contributed by atoms with Crippen LogP contribution in [-0.4, -0.2) is 0 Å². The van der Waals surface area contributed by atoms with Crippen LogP contribution >= 0.6 is 11.3 Å². The van der Waals surface area contributed by atoms with E-state index in [0.29, 0.717) is 5.92 Å². The van der Waals surface area contributed by atoms with E-state index in [4.69, 9.17) is 0 Å². The molecule has 0 aliphatic heterocycles. The Morgan fingerprint density at radius 3 is 2.13 bits per heavy atom. The molecular weight excluding hydrogens is 767 g/mol. The Labute approximate surface area is 371 Å². The molecule has 0 amide bonds. The summed E-state index contributed by atoms with van der Waals surface area (Å²) in [5, 5.41) is 1.26. The highest BCUT2D eigenvalue weighted by Crippen LogP contribution is 2.59. The van der Waals surface area contributed by atoms with Crippen molar-refractivity contribution in [2.45, 2.75) is 51.9 Å². The molecule has 62 heavy (non-hydrogen) atoms. The molecule has 302 valence electrons. The molecule has 2 heteroatoms. The summed E-state index contributed by atoms with van der Waals surface area (Å²) >= 11 is 1.88. The van der Waals surface area contributed by atoms with Crippen LogP contribution < -0.4 is 4.90 Å². The molecule has 2 aliphatic rings. The fraction of sp³-hybridized carbons (Fsp3) is 0.133. The normalized spacial score (nSPS) is 15.5. The van der Waals surface area contributed by atoms with E-state index in [1.165, 1.54) is 87.3 Å². The molecular formula is C60H51NS. The Morgan fingerprint density at radius 2 is 1.40 bits per heavy atom. The summed E-state index contributed by atoms with van der Waals surface area (Å²) in [4.78, 5) is 3.72. The molecule has 1 nitrogen and oxygen atoms in total. The second-order valence-corrected chi connectivity index (χ2v) is 18.1. The molecule has 1 atom stereocenters. The number of nitrogens with zero attached hydrogens (tertiary/aromatic N) is 1. The topological polar surface area (TPSA) is 3.24 Å². The number of hydrogen-bond donors (Lipinski definition) is 0. The van der Waals surface area contributed by atoms with E-state index in [0.717, 1.165) is 29.9 Å². The largest absolute Gasteiger partial charge is 0.310 e. The Bertz CT molecular complexity index is 3060. The molecule has 7 aromatic carbocycles. The average Bonchev–Trinajstić information content (AvgIpc) is 3.83. The first-order valence-electron chi connectivity index (χ1n) is 22.0. The van der Waals surface area contributed by atoms with Gasteiger partial charge in [0.25, 0.3) is 0 Å². The number of thiophene rings is 1. The van der Waals surface area contributed by atoms with Gasteiger partial charge in [0.05, 0.1) is 5.41 Å². The van der Waals surface area contributed by atoms with Crippen LogP contribution in [0.1, 0.15) is 88.9 Å². The van der Waals surface area contributed by atoms with E-state index in [2.05, 4.69) is 227 Å². The predicted octanol–water partition coefficient (Wildman–Crippen LogP) is 17.2. The van der Waals surface area contributed by atoms with Gasteiger partial charge in [0, 0.05) is 37.6 Å². The molecule has 8 aromatic rings. The monoisotopic (exact) mass is 817 g/mol. The van der Waals surface area contributed by atoms with Gasteiger partial charge in [-0.05, 0) is 136 Å². The summed E-state index contributed by atoms with van der Waals surface area (Å²) < 4.78 is 1.31. The van der Waals surface area contributed by atoms with E-state index in [1.54, 1.807) is 0 Å². The zero-order chi connectivity index (χ0) is 42.4. The van der Waals surface area contributed by atoms with E-state index in [-0.39, 0.29) is 0 Å². The van der Waals surface area contributed by atoms with Gasteiger partial charge in [0.2, 0.25) is 0 Å². The zero-order valence-corrected chi connectivity index (χ0v) is 36.8.